The molecule has 0 amide bonds. The maximum absolute atomic E-state index is 11.9. The molecule has 0 fully saturated rings. The van der Waals surface area contributed by atoms with Crippen LogP contribution in [0.2, 0.25) is 0 Å². The van der Waals surface area contributed by atoms with E-state index in [-0.39, 0.29) is 17.1 Å². The molecule has 0 aromatic carbocycles. The number of fused-ring (bicyclic) bond motifs is 1. The van der Waals surface area contributed by atoms with Gasteiger partial charge in [0, 0.05) is 21.5 Å². The molecule has 1 aliphatic heterocycles. The van der Waals surface area contributed by atoms with Crippen LogP contribution in [0.5, 0.6) is 0 Å². The molecule has 3 nitrogen and oxygen atoms in total. The molecule has 2 atom stereocenters. The molecule has 0 unspecified atom stereocenters. The highest BCUT2D eigenvalue weighted by Gasteiger charge is 2.39. The number of esters is 1. The fourth-order valence-electron chi connectivity index (χ4n) is 2.13. The smallest absolute Gasteiger partial charge is 0.316 e. The van der Waals surface area contributed by atoms with Crippen LogP contribution in [0.1, 0.15) is 36.7 Å². The zero-order valence-electron chi connectivity index (χ0n) is 10.1. The second-order valence-corrected chi connectivity index (χ2v) is 5.56. The van der Waals surface area contributed by atoms with Crippen LogP contribution in [-0.4, -0.2) is 22.8 Å². The van der Waals surface area contributed by atoms with Crippen molar-refractivity contribution in [2.24, 2.45) is 0 Å². The van der Waals surface area contributed by atoms with E-state index in [9.17, 15) is 4.79 Å². The number of nitrogens with one attached hydrogen (secondary N) is 1. The normalized spacial score (nSPS) is 23.2. The Labute approximate surface area is 100.0 Å². The summed E-state index contributed by atoms with van der Waals surface area (Å²) in [4.78, 5) is 16.4. The molecule has 0 aliphatic carbocycles. The topological polar surface area (TPSA) is 42.1 Å². The fourth-order valence-corrected chi connectivity index (χ4v) is 3.52. The number of hydrogen-bond donors (Lipinski definition) is 1. The minimum absolute atomic E-state index is 0.109. The number of aromatic amines is 1. The van der Waals surface area contributed by atoms with Gasteiger partial charge in [-0.2, -0.15) is 0 Å². The minimum Gasteiger partial charge on any atom is -0.465 e. The molecular formula is C12H17NO2S. The van der Waals surface area contributed by atoms with E-state index in [1.807, 2.05) is 13.8 Å². The van der Waals surface area contributed by atoms with E-state index in [2.05, 4.69) is 18.8 Å². The van der Waals surface area contributed by atoms with Crippen molar-refractivity contribution in [1.82, 2.24) is 4.98 Å². The maximum atomic E-state index is 11.9. The quantitative estimate of drug-likeness (QED) is 0.807. The predicted molar refractivity (Wildman–Crippen MR) is 65.0 cm³/mol. The second-order valence-electron chi connectivity index (χ2n) is 4.17. The SMILES string of the molecule is CCOC(=O)[C@H]1c2[nH]c(C)c(C)c2S[C@H]1C. The van der Waals surface area contributed by atoms with E-state index >= 15 is 0 Å². The molecule has 1 N–H and O–H groups in total. The van der Waals surface area contributed by atoms with Crippen molar-refractivity contribution in [3.63, 3.8) is 0 Å². The van der Waals surface area contributed by atoms with Crippen molar-refractivity contribution >= 4 is 17.7 Å². The van der Waals surface area contributed by atoms with E-state index in [1.54, 1.807) is 11.8 Å². The molecule has 0 saturated carbocycles. The van der Waals surface area contributed by atoms with Gasteiger partial charge >= 0.3 is 5.97 Å². The van der Waals surface area contributed by atoms with Crippen LogP contribution in [-0.2, 0) is 9.53 Å². The number of aromatic nitrogens is 1. The first kappa shape index (κ1) is 11.6. The van der Waals surface area contributed by atoms with Gasteiger partial charge in [-0.1, -0.05) is 6.92 Å². The summed E-state index contributed by atoms with van der Waals surface area (Å²) >= 11 is 1.77. The zero-order valence-corrected chi connectivity index (χ0v) is 10.9. The van der Waals surface area contributed by atoms with Crippen LogP contribution < -0.4 is 0 Å². The second kappa shape index (κ2) is 4.17. The van der Waals surface area contributed by atoms with E-state index in [1.165, 1.54) is 10.5 Å². The molecule has 88 valence electrons. The summed E-state index contributed by atoms with van der Waals surface area (Å²) in [5.74, 6) is -0.241. The van der Waals surface area contributed by atoms with Gasteiger partial charge in [0.1, 0.15) is 5.92 Å². The average molecular weight is 239 g/mol. The Morgan fingerprint density at radius 3 is 2.81 bits per heavy atom. The van der Waals surface area contributed by atoms with Crippen LogP contribution in [0.15, 0.2) is 4.90 Å². The number of hydrogen-bond acceptors (Lipinski definition) is 3. The lowest BCUT2D eigenvalue weighted by molar-refractivity contribution is -0.144. The van der Waals surface area contributed by atoms with Gasteiger partial charge in [-0.3, -0.25) is 4.79 Å². The average Bonchev–Trinajstić information content (AvgIpc) is 2.66. The number of thioether (sulfide) groups is 1. The Kier molecular flexibility index (Phi) is 3.02. The third-order valence-corrected chi connectivity index (χ3v) is 4.50. The van der Waals surface area contributed by atoms with Crippen LogP contribution >= 0.6 is 11.8 Å². The zero-order chi connectivity index (χ0) is 11.9. The maximum Gasteiger partial charge on any atom is 0.316 e. The van der Waals surface area contributed by atoms with Gasteiger partial charge in [-0.25, -0.2) is 0 Å². The van der Waals surface area contributed by atoms with Crippen molar-refractivity contribution in [2.45, 2.75) is 43.8 Å². The van der Waals surface area contributed by atoms with Gasteiger partial charge in [0.2, 0.25) is 0 Å². The van der Waals surface area contributed by atoms with Crippen LogP contribution in [0.4, 0.5) is 0 Å². The third kappa shape index (κ3) is 1.65. The summed E-state index contributed by atoms with van der Waals surface area (Å²) in [5, 5.41) is 0.264. The Morgan fingerprint density at radius 1 is 1.50 bits per heavy atom. The van der Waals surface area contributed by atoms with Crippen LogP contribution in [0.3, 0.4) is 0 Å². The minimum atomic E-state index is -0.132. The lowest BCUT2D eigenvalue weighted by Gasteiger charge is -2.13. The Hall–Kier alpha value is -0.900. The van der Waals surface area contributed by atoms with E-state index in [0.717, 1.165) is 11.4 Å². The number of rotatable bonds is 2. The molecule has 1 aromatic rings. The van der Waals surface area contributed by atoms with Crippen molar-refractivity contribution in [3.8, 4) is 0 Å². The first-order valence-electron chi connectivity index (χ1n) is 5.58. The summed E-state index contributed by atoms with van der Waals surface area (Å²) in [6.45, 7) is 8.51. The van der Waals surface area contributed by atoms with Crippen molar-refractivity contribution in [2.75, 3.05) is 6.61 Å². The lowest BCUT2D eigenvalue weighted by Crippen LogP contribution is -2.21. The van der Waals surface area contributed by atoms with E-state index < -0.39 is 0 Å². The van der Waals surface area contributed by atoms with E-state index in [0.29, 0.717) is 6.61 Å². The van der Waals surface area contributed by atoms with Gasteiger partial charge in [-0.15, -0.1) is 11.8 Å². The summed E-state index contributed by atoms with van der Waals surface area (Å²) in [6.07, 6.45) is 0. The van der Waals surface area contributed by atoms with Crippen LogP contribution in [0, 0.1) is 13.8 Å². The molecule has 16 heavy (non-hydrogen) atoms. The standard InChI is InChI=1S/C12H17NO2S/c1-5-15-12(14)9-8(4)16-11-6(2)7(3)13-10(9)11/h8-9,13H,5H2,1-4H3/t8-,9+/m0/s1. The van der Waals surface area contributed by atoms with Gasteiger partial charge in [0.15, 0.2) is 0 Å². The van der Waals surface area contributed by atoms with Crippen LogP contribution in [0.25, 0.3) is 0 Å². The first-order chi connectivity index (χ1) is 7.56. The highest BCUT2D eigenvalue weighted by atomic mass is 32.2. The first-order valence-corrected chi connectivity index (χ1v) is 6.46. The molecule has 2 rings (SSSR count). The molecule has 4 heteroatoms. The molecule has 0 saturated heterocycles. The van der Waals surface area contributed by atoms with Gasteiger partial charge in [0.05, 0.1) is 6.61 Å². The monoisotopic (exact) mass is 239 g/mol. The fraction of sp³-hybridized carbons (Fsp3) is 0.583. The van der Waals surface area contributed by atoms with Crippen molar-refractivity contribution in [3.05, 3.63) is 17.0 Å². The summed E-state index contributed by atoms with van der Waals surface area (Å²) in [6, 6.07) is 0. The van der Waals surface area contributed by atoms with Crippen molar-refractivity contribution < 1.29 is 9.53 Å². The number of aryl methyl sites for hydroxylation is 1. The number of carbonyl (C=O) groups excluding carboxylic acids is 1. The Bertz CT molecular complexity index is 425. The molecule has 1 aliphatic rings. The molecule has 0 radical (unpaired) electrons. The molecule has 0 spiro atoms. The highest BCUT2D eigenvalue weighted by molar-refractivity contribution is 8.00. The van der Waals surface area contributed by atoms with Gasteiger partial charge in [0.25, 0.3) is 0 Å². The lowest BCUT2D eigenvalue weighted by atomic mass is 10.0. The molecular weight excluding hydrogens is 222 g/mol. The molecule has 1 aromatic heterocycles. The largest absolute Gasteiger partial charge is 0.465 e. The van der Waals surface area contributed by atoms with Crippen molar-refractivity contribution in [1.29, 1.82) is 0 Å². The number of ether oxygens (including phenoxy) is 1. The predicted octanol–water partition coefficient (Wildman–Crippen LogP) is 2.77. The number of H-pyrrole nitrogens is 1. The molecule has 0 bridgehead atoms. The summed E-state index contributed by atoms with van der Waals surface area (Å²) in [5.41, 5.74) is 3.46. The Morgan fingerprint density at radius 2 is 2.19 bits per heavy atom. The third-order valence-electron chi connectivity index (χ3n) is 3.09. The number of carbonyl (C=O) groups is 1. The highest BCUT2D eigenvalue weighted by Crippen LogP contribution is 2.47. The summed E-state index contributed by atoms with van der Waals surface area (Å²) in [7, 11) is 0. The van der Waals surface area contributed by atoms with Gasteiger partial charge in [-0.05, 0) is 26.3 Å². The Balaban J connectivity index is 2.35. The van der Waals surface area contributed by atoms with E-state index in [4.69, 9.17) is 4.74 Å². The molecule has 2 heterocycles. The van der Waals surface area contributed by atoms with Gasteiger partial charge < -0.3 is 9.72 Å². The summed E-state index contributed by atoms with van der Waals surface area (Å²) < 4.78 is 5.13.